The van der Waals surface area contributed by atoms with Crippen molar-refractivity contribution >= 4 is 0 Å². The number of nitrogens with zero attached hydrogens (tertiary/aromatic N) is 1. The maximum Gasteiger partial charge on any atom is 0.0613 e. The average molecular weight is 301 g/mol. The third kappa shape index (κ3) is 8.18. The highest BCUT2D eigenvalue weighted by Crippen LogP contribution is 2.18. The molecule has 0 aliphatic heterocycles. The van der Waals surface area contributed by atoms with Gasteiger partial charge in [-0.1, -0.05) is 47.5 Å². The zero-order chi connectivity index (χ0) is 16.1. The SMILES string of the molecule is CCCNC(CC)(CO)CCCN(CC)CC(CC)CC. The van der Waals surface area contributed by atoms with Crippen molar-refractivity contribution in [3.63, 3.8) is 0 Å². The fourth-order valence-corrected chi connectivity index (χ4v) is 2.96. The van der Waals surface area contributed by atoms with Crippen LogP contribution in [0, 0.1) is 5.92 Å². The van der Waals surface area contributed by atoms with E-state index in [0.29, 0.717) is 0 Å². The summed E-state index contributed by atoms with van der Waals surface area (Å²) in [5.74, 6) is 0.831. The molecule has 0 aromatic heterocycles. The fourth-order valence-electron chi connectivity index (χ4n) is 2.96. The Morgan fingerprint density at radius 1 is 1.10 bits per heavy atom. The van der Waals surface area contributed by atoms with E-state index in [2.05, 4.69) is 44.8 Å². The van der Waals surface area contributed by atoms with Gasteiger partial charge in [-0.25, -0.2) is 0 Å². The van der Waals surface area contributed by atoms with Gasteiger partial charge < -0.3 is 15.3 Å². The van der Waals surface area contributed by atoms with E-state index >= 15 is 0 Å². The van der Waals surface area contributed by atoms with Crippen LogP contribution in [0.25, 0.3) is 0 Å². The highest BCUT2D eigenvalue weighted by atomic mass is 16.3. The maximum absolute atomic E-state index is 9.77. The molecule has 0 spiro atoms. The minimum absolute atomic E-state index is 0.0651. The molecule has 0 heterocycles. The molecular formula is C18H40N2O. The first-order chi connectivity index (χ1) is 10.1. The van der Waals surface area contributed by atoms with Gasteiger partial charge in [0.2, 0.25) is 0 Å². The predicted octanol–water partition coefficient (Wildman–Crippen LogP) is 3.67. The molecule has 1 unspecified atom stereocenters. The van der Waals surface area contributed by atoms with Crippen LogP contribution in [-0.2, 0) is 0 Å². The Morgan fingerprint density at radius 3 is 2.19 bits per heavy atom. The molecular weight excluding hydrogens is 260 g/mol. The second-order valence-corrected chi connectivity index (χ2v) is 6.40. The second-order valence-electron chi connectivity index (χ2n) is 6.40. The van der Waals surface area contributed by atoms with E-state index in [1.807, 2.05) is 0 Å². The summed E-state index contributed by atoms with van der Waals surface area (Å²) in [7, 11) is 0. The normalized spacial score (nSPS) is 14.9. The van der Waals surface area contributed by atoms with Crippen LogP contribution in [0.1, 0.15) is 73.1 Å². The Hall–Kier alpha value is -0.120. The number of aliphatic hydroxyl groups excluding tert-OH is 1. The molecule has 0 amide bonds. The van der Waals surface area contributed by atoms with Crippen molar-refractivity contribution in [2.24, 2.45) is 5.92 Å². The second kappa shape index (κ2) is 12.4. The Morgan fingerprint density at radius 2 is 1.76 bits per heavy atom. The monoisotopic (exact) mass is 300 g/mol. The number of nitrogens with one attached hydrogen (secondary N) is 1. The molecule has 21 heavy (non-hydrogen) atoms. The van der Waals surface area contributed by atoms with Gasteiger partial charge >= 0.3 is 0 Å². The summed E-state index contributed by atoms with van der Waals surface area (Å²) < 4.78 is 0. The Labute approximate surface area is 133 Å². The molecule has 0 aromatic carbocycles. The lowest BCUT2D eigenvalue weighted by molar-refractivity contribution is 0.136. The van der Waals surface area contributed by atoms with Crippen LogP contribution >= 0.6 is 0 Å². The summed E-state index contributed by atoms with van der Waals surface area (Å²) in [5.41, 5.74) is -0.0651. The molecule has 0 aliphatic rings. The smallest absolute Gasteiger partial charge is 0.0613 e. The van der Waals surface area contributed by atoms with Gasteiger partial charge in [0.25, 0.3) is 0 Å². The lowest BCUT2D eigenvalue weighted by Crippen LogP contribution is -2.48. The van der Waals surface area contributed by atoms with Crippen molar-refractivity contribution in [2.45, 2.75) is 78.7 Å². The highest BCUT2D eigenvalue weighted by molar-refractivity contribution is 4.86. The van der Waals surface area contributed by atoms with Crippen LogP contribution in [-0.4, -0.2) is 48.3 Å². The quantitative estimate of drug-likeness (QED) is 0.514. The van der Waals surface area contributed by atoms with Gasteiger partial charge in [-0.15, -0.1) is 0 Å². The van der Waals surface area contributed by atoms with Crippen LogP contribution < -0.4 is 5.32 Å². The van der Waals surface area contributed by atoms with E-state index in [4.69, 9.17) is 0 Å². The molecule has 128 valence electrons. The maximum atomic E-state index is 9.77. The third-order valence-electron chi connectivity index (χ3n) is 4.98. The van der Waals surface area contributed by atoms with Gasteiger partial charge in [-0.3, -0.25) is 0 Å². The summed E-state index contributed by atoms with van der Waals surface area (Å²) in [5, 5.41) is 13.3. The molecule has 3 nitrogen and oxygen atoms in total. The van der Waals surface area contributed by atoms with Crippen molar-refractivity contribution in [2.75, 3.05) is 32.8 Å². The van der Waals surface area contributed by atoms with Gasteiger partial charge in [0.15, 0.2) is 0 Å². The Kier molecular flexibility index (Phi) is 12.4. The molecule has 0 radical (unpaired) electrons. The molecule has 0 rings (SSSR count). The van der Waals surface area contributed by atoms with E-state index in [1.54, 1.807) is 0 Å². The largest absolute Gasteiger partial charge is 0.394 e. The summed E-state index contributed by atoms with van der Waals surface area (Å²) >= 11 is 0. The number of aliphatic hydroxyl groups is 1. The zero-order valence-corrected chi connectivity index (χ0v) is 15.2. The first-order valence-corrected chi connectivity index (χ1v) is 9.19. The van der Waals surface area contributed by atoms with Gasteiger partial charge in [-0.2, -0.15) is 0 Å². The lowest BCUT2D eigenvalue weighted by Gasteiger charge is -2.33. The Balaban J connectivity index is 4.26. The van der Waals surface area contributed by atoms with Crippen molar-refractivity contribution in [1.82, 2.24) is 10.2 Å². The van der Waals surface area contributed by atoms with E-state index in [-0.39, 0.29) is 12.1 Å². The number of hydrogen-bond acceptors (Lipinski definition) is 3. The van der Waals surface area contributed by atoms with Crippen molar-refractivity contribution < 1.29 is 5.11 Å². The van der Waals surface area contributed by atoms with Crippen LogP contribution in [0.4, 0.5) is 0 Å². The molecule has 2 N–H and O–H groups in total. The molecule has 0 saturated heterocycles. The first-order valence-electron chi connectivity index (χ1n) is 9.19. The molecule has 0 aromatic rings. The van der Waals surface area contributed by atoms with Crippen LogP contribution in [0.15, 0.2) is 0 Å². The predicted molar refractivity (Wildman–Crippen MR) is 93.8 cm³/mol. The van der Waals surface area contributed by atoms with Gasteiger partial charge in [0, 0.05) is 12.1 Å². The van der Waals surface area contributed by atoms with Crippen LogP contribution in [0.3, 0.4) is 0 Å². The molecule has 0 aliphatic carbocycles. The van der Waals surface area contributed by atoms with Crippen molar-refractivity contribution in [1.29, 1.82) is 0 Å². The third-order valence-corrected chi connectivity index (χ3v) is 4.98. The van der Waals surface area contributed by atoms with E-state index < -0.39 is 0 Å². The number of hydrogen-bond donors (Lipinski definition) is 2. The van der Waals surface area contributed by atoms with Crippen molar-refractivity contribution in [3.05, 3.63) is 0 Å². The molecule has 3 heteroatoms. The topological polar surface area (TPSA) is 35.5 Å². The Bertz CT molecular complexity index is 225. The van der Waals surface area contributed by atoms with E-state index in [9.17, 15) is 5.11 Å². The summed E-state index contributed by atoms with van der Waals surface area (Å²) in [6, 6.07) is 0. The summed E-state index contributed by atoms with van der Waals surface area (Å²) in [4.78, 5) is 2.58. The fraction of sp³-hybridized carbons (Fsp3) is 1.00. The van der Waals surface area contributed by atoms with Crippen LogP contribution in [0.2, 0.25) is 0 Å². The first kappa shape index (κ1) is 20.9. The average Bonchev–Trinajstić information content (AvgIpc) is 2.54. The van der Waals surface area contributed by atoms with Crippen LogP contribution in [0.5, 0.6) is 0 Å². The molecule has 0 fully saturated rings. The van der Waals surface area contributed by atoms with E-state index in [1.165, 1.54) is 25.8 Å². The van der Waals surface area contributed by atoms with E-state index in [0.717, 1.165) is 44.8 Å². The summed E-state index contributed by atoms with van der Waals surface area (Å²) in [6.45, 7) is 16.0. The van der Waals surface area contributed by atoms with Gasteiger partial charge in [-0.05, 0) is 51.2 Å². The lowest BCUT2D eigenvalue weighted by atomic mass is 9.90. The standard InChI is InChI=1S/C18H40N2O/c1-6-13-19-18(9-4,16-21)12-11-14-20(10-5)15-17(7-2)8-3/h17,19,21H,6-16H2,1-5H3. The molecule has 1 atom stereocenters. The molecule has 0 bridgehead atoms. The highest BCUT2D eigenvalue weighted by Gasteiger charge is 2.26. The van der Waals surface area contributed by atoms with Gasteiger partial charge in [0.05, 0.1) is 6.61 Å². The zero-order valence-electron chi connectivity index (χ0n) is 15.2. The minimum Gasteiger partial charge on any atom is -0.394 e. The van der Waals surface area contributed by atoms with Gasteiger partial charge in [0.1, 0.15) is 0 Å². The summed E-state index contributed by atoms with van der Waals surface area (Å²) in [6.07, 6.45) is 6.92. The number of rotatable bonds is 14. The van der Waals surface area contributed by atoms with Crippen molar-refractivity contribution in [3.8, 4) is 0 Å². The molecule has 0 saturated carbocycles. The minimum atomic E-state index is -0.0651.